The number of methoxy groups -OCH3 is 1. The minimum Gasteiger partial charge on any atom is -0.385 e. The van der Waals surface area contributed by atoms with Crippen LogP contribution in [-0.4, -0.2) is 26.3 Å². The van der Waals surface area contributed by atoms with Gasteiger partial charge in [0.1, 0.15) is 5.82 Å². The zero-order valence-corrected chi connectivity index (χ0v) is 11.6. The van der Waals surface area contributed by atoms with Crippen molar-refractivity contribution >= 4 is 0 Å². The van der Waals surface area contributed by atoms with Crippen molar-refractivity contribution in [2.75, 3.05) is 20.3 Å². The largest absolute Gasteiger partial charge is 0.385 e. The van der Waals surface area contributed by atoms with Gasteiger partial charge in [-0.2, -0.15) is 0 Å². The van der Waals surface area contributed by atoms with Crippen LogP contribution in [0.5, 0.6) is 0 Å². The molecule has 1 aromatic rings. The second-order valence-electron chi connectivity index (χ2n) is 4.71. The van der Waals surface area contributed by atoms with Crippen molar-refractivity contribution in [3.05, 3.63) is 35.1 Å². The van der Waals surface area contributed by atoms with Gasteiger partial charge in [0.25, 0.3) is 0 Å². The van der Waals surface area contributed by atoms with Crippen molar-refractivity contribution in [2.45, 2.75) is 39.2 Å². The maximum Gasteiger partial charge on any atom is 0.123 e. The van der Waals surface area contributed by atoms with E-state index in [1.54, 1.807) is 13.2 Å². The molecule has 1 aromatic carbocycles. The zero-order valence-electron chi connectivity index (χ0n) is 11.6. The summed E-state index contributed by atoms with van der Waals surface area (Å²) in [6, 6.07) is 5.42. The van der Waals surface area contributed by atoms with Gasteiger partial charge in [0, 0.05) is 19.8 Å². The number of aryl methyl sites for hydroxylation is 1. The van der Waals surface area contributed by atoms with E-state index in [1.807, 2.05) is 13.0 Å². The summed E-state index contributed by atoms with van der Waals surface area (Å²) in [5.41, 5.74) is 2.23. The molecule has 0 amide bonds. The molecule has 1 atom stereocenters. The lowest BCUT2D eigenvalue weighted by Crippen LogP contribution is -2.33. The highest BCUT2D eigenvalue weighted by Gasteiger charge is 2.10. The molecule has 102 valence electrons. The quantitative estimate of drug-likeness (QED) is 0.768. The average molecular weight is 253 g/mol. The molecule has 1 N–H and O–H groups in total. The van der Waals surface area contributed by atoms with Crippen molar-refractivity contribution < 1.29 is 9.13 Å². The van der Waals surface area contributed by atoms with Crippen LogP contribution in [0.15, 0.2) is 18.2 Å². The summed E-state index contributed by atoms with van der Waals surface area (Å²) in [4.78, 5) is 0. The van der Waals surface area contributed by atoms with Crippen LogP contribution in [0, 0.1) is 12.7 Å². The Labute approximate surface area is 110 Å². The monoisotopic (exact) mass is 253 g/mol. The Bertz CT molecular complexity index is 346. The van der Waals surface area contributed by atoms with E-state index in [9.17, 15) is 4.39 Å². The summed E-state index contributed by atoms with van der Waals surface area (Å²) < 4.78 is 18.2. The first kappa shape index (κ1) is 15.1. The van der Waals surface area contributed by atoms with E-state index >= 15 is 0 Å². The maximum absolute atomic E-state index is 13.1. The molecule has 0 fully saturated rings. The van der Waals surface area contributed by atoms with Crippen LogP contribution in [0.4, 0.5) is 4.39 Å². The molecule has 0 saturated heterocycles. The Hall–Kier alpha value is -0.930. The highest BCUT2D eigenvalue weighted by atomic mass is 19.1. The highest BCUT2D eigenvalue weighted by molar-refractivity contribution is 5.27. The number of hydrogen-bond acceptors (Lipinski definition) is 2. The Morgan fingerprint density at radius 1 is 1.39 bits per heavy atom. The third-order valence-corrected chi connectivity index (χ3v) is 3.12. The summed E-state index contributed by atoms with van der Waals surface area (Å²) in [7, 11) is 1.72. The Balaban J connectivity index is 2.62. The van der Waals surface area contributed by atoms with Crippen LogP contribution in [0.25, 0.3) is 0 Å². The van der Waals surface area contributed by atoms with Crippen molar-refractivity contribution in [3.8, 4) is 0 Å². The lowest BCUT2D eigenvalue weighted by Gasteiger charge is -2.19. The Morgan fingerprint density at radius 2 is 2.17 bits per heavy atom. The molecule has 1 rings (SSSR count). The van der Waals surface area contributed by atoms with Gasteiger partial charge in [0.15, 0.2) is 0 Å². The number of halogens is 1. The fourth-order valence-corrected chi connectivity index (χ4v) is 2.04. The number of nitrogens with one attached hydrogen (secondary N) is 1. The molecule has 0 aliphatic carbocycles. The van der Waals surface area contributed by atoms with Crippen LogP contribution in [0.1, 0.15) is 30.9 Å². The van der Waals surface area contributed by atoms with Gasteiger partial charge in [0.2, 0.25) is 0 Å². The second-order valence-corrected chi connectivity index (χ2v) is 4.71. The molecular weight excluding hydrogens is 229 g/mol. The third-order valence-electron chi connectivity index (χ3n) is 3.12. The van der Waals surface area contributed by atoms with E-state index in [-0.39, 0.29) is 5.82 Å². The van der Waals surface area contributed by atoms with Gasteiger partial charge in [0.05, 0.1) is 0 Å². The number of benzene rings is 1. The lowest BCUT2D eigenvalue weighted by atomic mass is 9.99. The van der Waals surface area contributed by atoms with Gasteiger partial charge in [-0.15, -0.1) is 0 Å². The molecule has 1 unspecified atom stereocenters. The minimum atomic E-state index is -0.161. The van der Waals surface area contributed by atoms with Gasteiger partial charge in [-0.25, -0.2) is 4.39 Å². The third kappa shape index (κ3) is 5.15. The first-order chi connectivity index (χ1) is 8.67. The van der Waals surface area contributed by atoms with Crippen LogP contribution < -0.4 is 5.32 Å². The smallest absolute Gasteiger partial charge is 0.123 e. The molecule has 0 bridgehead atoms. The summed E-state index contributed by atoms with van der Waals surface area (Å²) >= 11 is 0. The molecular formula is C15H24FNO. The fraction of sp³-hybridized carbons (Fsp3) is 0.600. The molecule has 0 aromatic heterocycles. The minimum absolute atomic E-state index is 0.161. The van der Waals surface area contributed by atoms with E-state index in [0.717, 1.165) is 38.0 Å². The fourth-order valence-electron chi connectivity index (χ4n) is 2.04. The average Bonchev–Trinajstić information content (AvgIpc) is 2.35. The molecule has 0 radical (unpaired) electrons. The van der Waals surface area contributed by atoms with E-state index in [0.29, 0.717) is 6.04 Å². The molecule has 3 heteroatoms. The molecule has 0 saturated carbocycles. The van der Waals surface area contributed by atoms with E-state index in [2.05, 4.69) is 12.2 Å². The lowest BCUT2D eigenvalue weighted by molar-refractivity contribution is 0.182. The molecule has 2 nitrogen and oxygen atoms in total. The van der Waals surface area contributed by atoms with Crippen molar-refractivity contribution in [2.24, 2.45) is 0 Å². The Kier molecular flexibility index (Phi) is 6.91. The summed E-state index contributed by atoms with van der Waals surface area (Å²) in [6.45, 7) is 5.88. The maximum atomic E-state index is 13.1. The first-order valence-corrected chi connectivity index (χ1v) is 6.64. The van der Waals surface area contributed by atoms with Gasteiger partial charge in [-0.1, -0.05) is 13.0 Å². The van der Waals surface area contributed by atoms with Crippen molar-refractivity contribution in [3.63, 3.8) is 0 Å². The number of hydrogen-bond donors (Lipinski definition) is 1. The number of ether oxygens (including phenoxy) is 1. The highest BCUT2D eigenvalue weighted by Crippen LogP contribution is 2.13. The molecule has 0 spiro atoms. The molecule has 18 heavy (non-hydrogen) atoms. The molecule has 0 heterocycles. The number of rotatable bonds is 8. The van der Waals surface area contributed by atoms with E-state index < -0.39 is 0 Å². The van der Waals surface area contributed by atoms with Gasteiger partial charge >= 0.3 is 0 Å². The van der Waals surface area contributed by atoms with Crippen LogP contribution >= 0.6 is 0 Å². The van der Waals surface area contributed by atoms with E-state index in [1.165, 1.54) is 11.6 Å². The molecule has 0 aliphatic heterocycles. The Morgan fingerprint density at radius 3 is 2.78 bits per heavy atom. The van der Waals surface area contributed by atoms with Gasteiger partial charge in [-0.05, 0) is 56.0 Å². The topological polar surface area (TPSA) is 21.3 Å². The van der Waals surface area contributed by atoms with E-state index in [4.69, 9.17) is 4.74 Å². The standard InChI is InChI=1S/C15H24FNO/c1-4-8-17-15(7-9-18-3)11-13-5-6-14(16)10-12(13)2/h5-6,10,15,17H,4,7-9,11H2,1-3H3. The van der Waals surface area contributed by atoms with Gasteiger partial charge in [-0.3, -0.25) is 0 Å². The second kappa shape index (κ2) is 8.22. The summed E-state index contributed by atoms with van der Waals surface area (Å²) in [6.07, 6.45) is 3.02. The normalized spacial score (nSPS) is 12.7. The SMILES string of the molecule is CCCNC(CCOC)Cc1ccc(F)cc1C. The predicted octanol–water partition coefficient (Wildman–Crippen LogP) is 3.08. The first-order valence-electron chi connectivity index (χ1n) is 6.64. The van der Waals surface area contributed by atoms with Crippen molar-refractivity contribution in [1.29, 1.82) is 0 Å². The van der Waals surface area contributed by atoms with Gasteiger partial charge < -0.3 is 10.1 Å². The molecule has 0 aliphatic rings. The predicted molar refractivity (Wildman–Crippen MR) is 73.4 cm³/mol. The van der Waals surface area contributed by atoms with Crippen LogP contribution in [0.2, 0.25) is 0 Å². The summed E-state index contributed by atoms with van der Waals surface area (Å²) in [5, 5.41) is 3.52. The van der Waals surface area contributed by atoms with Crippen LogP contribution in [0.3, 0.4) is 0 Å². The summed E-state index contributed by atoms with van der Waals surface area (Å²) in [5.74, 6) is -0.161. The zero-order chi connectivity index (χ0) is 13.4. The van der Waals surface area contributed by atoms with Crippen molar-refractivity contribution in [1.82, 2.24) is 5.32 Å². The van der Waals surface area contributed by atoms with Crippen LogP contribution in [-0.2, 0) is 11.2 Å².